The molecule has 1 unspecified atom stereocenters. The molecule has 3 atom stereocenters. The largest absolute Gasteiger partial charge is 0.475 e. The van der Waals surface area contributed by atoms with E-state index in [2.05, 4.69) is 20.3 Å². The summed E-state index contributed by atoms with van der Waals surface area (Å²) in [5, 5.41) is 4.54. The Bertz CT molecular complexity index is 1260. The minimum absolute atomic E-state index is 0.0173. The van der Waals surface area contributed by atoms with E-state index in [1.165, 1.54) is 23.2 Å². The average Bonchev–Trinajstić information content (AvgIpc) is 3.45. The molecule has 2 fully saturated rings. The highest BCUT2D eigenvalue weighted by atomic mass is 19.4. The van der Waals surface area contributed by atoms with Crippen LogP contribution >= 0.6 is 0 Å². The number of pyridine rings is 1. The fourth-order valence-corrected chi connectivity index (χ4v) is 4.61. The first-order chi connectivity index (χ1) is 18.4. The third kappa shape index (κ3) is 5.83. The topological polar surface area (TPSA) is 131 Å². The van der Waals surface area contributed by atoms with Crippen molar-refractivity contribution in [3.8, 4) is 5.88 Å². The summed E-state index contributed by atoms with van der Waals surface area (Å²) in [7, 11) is 0. The van der Waals surface area contributed by atoms with Crippen molar-refractivity contribution in [2.45, 2.75) is 57.3 Å². The van der Waals surface area contributed by atoms with Crippen LogP contribution in [-0.4, -0.2) is 83.3 Å². The minimum atomic E-state index is -4.60. The van der Waals surface area contributed by atoms with Gasteiger partial charge in [0.25, 0.3) is 5.91 Å². The molecule has 3 amide bonds. The van der Waals surface area contributed by atoms with Crippen LogP contribution in [-0.2, 0) is 9.47 Å². The van der Waals surface area contributed by atoms with E-state index < -0.39 is 29.9 Å². The van der Waals surface area contributed by atoms with Gasteiger partial charge in [-0.1, -0.05) is 0 Å². The van der Waals surface area contributed by atoms with Crippen molar-refractivity contribution in [1.82, 2.24) is 20.3 Å². The standard InChI is InChI=1S/C24H28F3N7O5/c1-13(24(25,26)27)29-20(35)16-4-5-17-19(30-16)34(14-7-9-33(17)10-14)22(36)32-21-28-8-6-18(31-21)37-11-15-12-38-23(2,3)39-15/h4-6,8,13-15H,7,9-12H2,1-3H3,(H,29,35)(H,28,31,32,36)/t13-,14?,15+/m1/s1. The van der Waals surface area contributed by atoms with Crippen LogP contribution in [0, 0.1) is 0 Å². The summed E-state index contributed by atoms with van der Waals surface area (Å²) in [4.78, 5) is 41.9. The Morgan fingerprint density at radius 1 is 1.26 bits per heavy atom. The number of nitrogens with zero attached hydrogens (tertiary/aromatic N) is 5. The second kappa shape index (κ2) is 10.1. The molecule has 0 spiro atoms. The molecule has 2 aromatic rings. The molecule has 0 radical (unpaired) electrons. The number of rotatable bonds is 6. The Labute approximate surface area is 221 Å². The highest BCUT2D eigenvalue weighted by Crippen LogP contribution is 2.39. The molecule has 2 bridgehead atoms. The van der Waals surface area contributed by atoms with Gasteiger partial charge in [0.15, 0.2) is 11.6 Å². The van der Waals surface area contributed by atoms with Crippen LogP contribution in [0.4, 0.5) is 35.4 Å². The first-order valence-corrected chi connectivity index (χ1v) is 12.4. The summed E-state index contributed by atoms with van der Waals surface area (Å²) < 4.78 is 55.7. The van der Waals surface area contributed by atoms with Crippen molar-refractivity contribution >= 4 is 29.4 Å². The highest BCUT2D eigenvalue weighted by Gasteiger charge is 2.42. The molecule has 210 valence electrons. The lowest BCUT2D eigenvalue weighted by Crippen LogP contribution is -2.49. The van der Waals surface area contributed by atoms with Crippen LogP contribution in [0.1, 0.15) is 37.7 Å². The van der Waals surface area contributed by atoms with Crippen LogP contribution in [0.25, 0.3) is 0 Å². The molecule has 2 saturated heterocycles. The molecule has 2 N–H and O–H groups in total. The van der Waals surface area contributed by atoms with Gasteiger partial charge >= 0.3 is 12.2 Å². The number of amides is 3. The highest BCUT2D eigenvalue weighted by molar-refractivity contribution is 6.04. The zero-order valence-corrected chi connectivity index (χ0v) is 21.5. The molecule has 39 heavy (non-hydrogen) atoms. The molecule has 15 heteroatoms. The Morgan fingerprint density at radius 3 is 2.77 bits per heavy atom. The Balaban J connectivity index is 1.31. The fraction of sp³-hybridized carbons (Fsp3) is 0.542. The number of carbonyl (C=O) groups excluding carboxylic acids is 2. The monoisotopic (exact) mass is 551 g/mol. The van der Waals surface area contributed by atoms with Crippen molar-refractivity contribution in [3.05, 3.63) is 30.1 Å². The smallest absolute Gasteiger partial charge is 0.408 e. The van der Waals surface area contributed by atoms with Gasteiger partial charge in [0.2, 0.25) is 11.8 Å². The lowest BCUT2D eigenvalue weighted by Gasteiger charge is -2.35. The number of aromatic nitrogens is 3. The number of hydrogen-bond donors (Lipinski definition) is 2. The van der Waals surface area contributed by atoms with Gasteiger partial charge in [-0.15, -0.1) is 0 Å². The number of carbonyl (C=O) groups is 2. The Morgan fingerprint density at radius 2 is 2.05 bits per heavy atom. The van der Waals surface area contributed by atoms with Crippen molar-refractivity contribution in [2.24, 2.45) is 0 Å². The molecule has 0 aliphatic carbocycles. The molecular formula is C24H28F3N7O5. The van der Waals surface area contributed by atoms with Gasteiger partial charge in [0.1, 0.15) is 24.4 Å². The first-order valence-electron chi connectivity index (χ1n) is 12.4. The van der Waals surface area contributed by atoms with Crippen molar-refractivity contribution in [2.75, 3.05) is 41.4 Å². The maximum Gasteiger partial charge on any atom is 0.408 e. The lowest BCUT2D eigenvalue weighted by atomic mass is 10.1. The van der Waals surface area contributed by atoms with Gasteiger partial charge in [-0.25, -0.2) is 14.8 Å². The van der Waals surface area contributed by atoms with E-state index in [0.29, 0.717) is 31.8 Å². The summed E-state index contributed by atoms with van der Waals surface area (Å²) in [5.41, 5.74) is 0.358. The SMILES string of the molecule is C[C@@H](NC(=O)c1ccc2c(n1)N(C(=O)Nc1nccc(OC[C@H]3COC(C)(C)O3)n1)C1CCN2C1)C(F)(F)F. The number of halogens is 3. The maximum atomic E-state index is 13.4. The summed E-state index contributed by atoms with van der Waals surface area (Å²) in [6.45, 7) is 6.21. The maximum absolute atomic E-state index is 13.4. The quantitative estimate of drug-likeness (QED) is 0.556. The van der Waals surface area contributed by atoms with E-state index in [4.69, 9.17) is 14.2 Å². The van der Waals surface area contributed by atoms with Gasteiger partial charge in [0.05, 0.1) is 18.3 Å². The lowest BCUT2D eigenvalue weighted by molar-refractivity contribution is -0.149. The Kier molecular flexibility index (Phi) is 6.97. The molecule has 5 rings (SSSR count). The summed E-state index contributed by atoms with van der Waals surface area (Å²) in [6, 6.07) is 1.54. The second-order valence-corrected chi connectivity index (χ2v) is 9.94. The molecule has 5 heterocycles. The van der Waals surface area contributed by atoms with Crippen LogP contribution in [0.5, 0.6) is 5.88 Å². The zero-order valence-electron chi connectivity index (χ0n) is 21.5. The molecule has 12 nitrogen and oxygen atoms in total. The number of nitrogens with one attached hydrogen (secondary N) is 2. The van der Waals surface area contributed by atoms with Crippen LogP contribution in [0.15, 0.2) is 24.4 Å². The molecule has 3 aliphatic heterocycles. The molecule has 0 saturated carbocycles. The number of fused-ring (bicyclic) bond motifs is 4. The average molecular weight is 552 g/mol. The number of urea groups is 1. The van der Waals surface area contributed by atoms with E-state index >= 15 is 0 Å². The number of ether oxygens (including phenoxy) is 3. The van der Waals surface area contributed by atoms with Crippen molar-refractivity contribution in [3.63, 3.8) is 0 Å². The van der Waals surface area contributed by atoms with E-state index in [1.54, 1.807) is 19.9 Å². The van der Waals surface area contributed by atoms with Gasteiger partial charge in [0, 0.05) is 25.4 Å². The van der Waals surface area contributed by atoms with E-state index in [0.717, 1.165) is 6.92 Å². The number of anilines is 3. The normalized spacial score (nSPS) is 22.3. The van der Waals surface area contributed by atoms with E-state index in [1.807, 2.05) is 10.2 Å². The third-order valence-electron chi connectivity index (χ3n) is 6.58. The van der Waals surface area contributed by atoms with Crippen molar-refractivity contribution in [1.29, 1.82) is 0 Å². The summed E-state index contributed by atoms with van der Waals surface area (Å²) >= 11 is 0. The number of hydrogen-bond acceptors (Lipinski definition) is 9. The first kappa shape index (κ1) is 26.9. The second-order valence-electron chi connectivity index (χ2n) is 9.94. The zero-order chi connectivity index (χ0) is 27.9. The molecule has 0 aromatic carbocycles. The summed E-state index contributed by atoms with van der Waals surface area (Å²) in [6.07, 6.45) is -2.81. The predicted octanol–water partition coefficient (Wildman–Crippen LogP) is 2.71. The van der Waals surface area contributed by atoms with Gasteiger partial charge in [-0.3, -0.25) is 15.0 Å². The van der Waals surface area contributed by atoms with E-state index in [9.17, 15) is 22.8 Å². The van der Waals surface area contributed by atoms with Gasteiger partial charge in [-0.2, -0.15) is 18.2 Å². The van der Waals surface area contributed by atoms with Gasteiger partial charge < -0.3 is 24.4 Å². The molecular weight excluding hydrogens is 523 g/mol. The predicted molar refractivity (Wildman–Crippen MR) is 132 cm³/mol. The molecule has 2 aromatic heterocycles. The van der Waals surface area contributed by atoms with Gasteiger partial charge in [-0.05, 0) is 39.3 Å². The van der Waals surface area contributed by atoms with Crippen molar-refractivity contribution < 1.29 is 37.0 Å². The van der Waals surface area contributed by atoms with Crippen LogP contribution in [0.3, 0.4) is 0 Å². The van der Waals surface area contributed by atoms with E-state index in [-0.39, 0.29) is 42.1 Å². The van der Waals surface area contributed by atoms with Crippen LogP contribution < -0.4 is 25.2 Å². The molecule has 3 aliphatic rings. The Hall–Kier alpha value is -3.72. The van der Waals surface area contributed by atoms with Crippen LogP contribution in [0.2, 0.25) is 0 Å². The summed E-state index contributed by atoms with van der Waals surface area (Å²) in [5.74, 6) is -1.32. The minimum Gasteiger partial charge on any atom is -0.475 e. The third-order valence-corrected chi connectivity index (χ3v) is 6.58. The fourth-order valence-electron chi connectivity index (χ4n) is 4.61. The number of alkyl halides is 3.